The van der Waals surface area contributed by atoms with E-state index in [1.807, 2.05) is 0 Å². The molecule has 0 radical (unpaired) electrons. The average Bonchev–Trinajstić information content (AvgIpc) is 2.23. The topological polar surface area (TPSA) is 75.6 Å². The molecule has 1 atom stereocenters. The van der Waals surface area contributed by atoms with Gasteiger partial charge >= 0.3 is 12.1 Å². The van der Waals surface area contributed by atoms with E-state index in [4.69, 9.17) is 21.4 Å². The molecule has 20 heavy (non-hydrogen) atoms. The van der Waals surface area contributed by atoms with Gasteiger partial charge in [0.2, 0.25) is 0 Å². The maximum Gasteiger partial charge on any atom is 0.408 e. The third-order valence-electron chi connectivity index (χ3n) is 2.18. The Morgan fingerprint density at radius 2 is 2.00 bits per heavy atom. The number of carboxylic acid groups (broad SMARTS) is 1. The van der Waals surface area contributed by atoms with Crippen LogP contribution in [0.5, 0.6) is 0 Å². The molecule has 0 bridgehead atoms. The first kappa shape index (κ1) is 16.2. The van der Waals surface area contributed by atoms with Gasteiger partial charge in [0.15, 0.2) is 6.04 Å². The van der Waals surface area contributed by atoms with Crippen LogP contribution in [0.2, 0.25) is 5.02 Å². The molecule has 0 aliphatic heterocycles. The maximum atomic E-state index is 13.7. The molecule has 0 spiro atoms. The summed E-state index contributed by atoms with van der Waals surface area (Å²) in [5.74, 6) is -2.22. The zero-order chi connectivity index (χ0) is 15.5. The fraction of sp³-hybridized carbons (Fsp3) is 0.385. The van der Waals surface area contributed by atoms with Crippen LogP contribution in [0, 0.1) is 5.82 Å². The largest absolute Gasteiger partial charge is 0.479 e. The number of carbonyl (C=O) groups is 2. The van der Waals surface area contributed by atoms with Crippen molar-refractivity contribution in [3.63, 3.8) is 0 Å². The van der Waals surface area contributed by atoms with Crippen LogP contribution in [0.4, 0.5) is 9.18 Å². The number of alkyl carbamates (subject to hydrolysis) is 1. The summed E-state index contributed by atoms with van der Waals surface area (Å²) in [5.41, 5.74) is -0.987. The van der Waals surface area contributed by atoms with Crippen molar-refractivity contribution in [3.8, 4) is 0 Å². The van der Waals surface area contributed by atoms with Gasteiger partial charge in [-0.2, -0.15) is 0 Å². The van der Waals surface area contributed by atoms with Crippen molar-refractivity contribution in [1.29, 1.82) is 0 Å². The van der Waals surface area contributed by atoms with E-state index < -0.39 is 29.5 Å². The lowest BCUT2D eigenvalue weighted by molar-refractivity contribution is -0.139. The zero-order valence-corrected chi connectivity index (χ0v) is 12.0. The minimum atomic E-state index is -1.55. The molecule has 2 N–H and O–H groups in total. The first-order chi connectivity index (χ1) is 9.10. The third-order valence-corrected chi connectivity index (χ3v) is 2.42. The van der Waals surface area contributed by atoms with Crippen LogP contribution >= 0.6 is 11.6 Å². The van der Waals surface area contributed by atoms with Gasteiger partial charge in [-0.3, -0.25) is 0 Å². The first-order valence-electron chi connectivity index (χ1n) is 5.77. The molecule has 0 aliphatic rings. The molecule has 0 aliphatic carbocycles. The van der Waals surface area contributed by atoms with Crippen LogP contribution in [-0.2, 0) is 9.53 Å². The molecular weight excluding hydrogens is 289 g/mol. The summed E-state index contributed by atoms with van der Waals surface area (Å²) >= 11 is 5.59. The van der Waals surface area contributed by atoms with Crippen molar-refractivity contribution in [2.45, 2.75) is 32.4 Å². The van der Waals surface area contributed by atoms with Crippen LogP contribution < -0.4 is 5.32 Å². The summed E-state index contributed by atoms with van der Waals surface area (Å²) in [4.78, 5) is 22.7. The number of ether oxygens (including phenoxy) is 1. The highest BCUT2D eigenvalue weighted by Crippen LogP contribution is 2.21. The molecule has 0 heterocycles. The highest BCUT2D eigenvalue weighted by atomic mass is 35.5. The van der Waals surface area contributed by atoms with Crippen molar-refractivity contribution in [2.75, 3.05) is 0 Å². The number of hydrogen-bond donors (Lipinski definition) is 2. The fourth-order valence-electron chi connectivity index (χ4n) is 1.43. The SMILES string of the molecule is CC(C)(C)OC(=O)NC(C(=O)O)c1ccc(Cl)cc1F. The Kier molecular flexibility index (Phi) is 4.94. The van der Waals surface area contributed by atoms with Crippen molar-refractivity contribution < 1.29 is 23.8 Å². The minimum absolute atomic E-state index is 0.132. The number of carbonyl (C=O) groups excluding carboxylic acids is 1. The van der Waals surface area contributed by atoms with Crippen LogP contribution in [-0.4, -0.2) is 22.8 Å². The monoisotopic (exact) mass is 303 g/mol. The highest BCUT2D eigenvalue weighted by Gasteiger charge is 2.27. The molecule has 110 valence electrons. The molecule has 5 nitrogen and oxygen atoms in total. The van der Waals surface area contributed by atoms with Gasteiger partial charge in [0.1, 0.15) is 11.4 Å². The normalized spacial score (nSPS) is 12.7. The summed E-state index contributed by atoms with van der Waals surface area (Å²) in [5, 5.41) is 11.3. The summed E-state index contributed by atoms with van der Waals surface area (Å²) in [6.45, 7) is 4.89. The maximum absolute atomic E-state index is 13.7. The molecule has 1 aromatic carbocycles. The molecule has 0 saturated heterocycles. The van der Waals surface area contributed by atoms with Crippen molar-refractivity contribution in [1.82, 2.24) is 5.32 Å². The smallest absolute Gasteiger partial charge is 0.408 e. The Morgan fingerprint density at radius 1 is 1.40 bits per heavy atom. The number of aliphatic carboxylic acids is 1. The lowest BCUT2D eigenvalue weighted by atomic mass is 10.1. The second-order valence-electron chi connectivity index (χ2n) is 5.08. The molecule has 0 fully saturated rings. The molecule has 0 saturated carbocycles. The quantitative estimate of drug-likeness (QED) is 0.899. The van der Waals surface area contributed by atoms with Crippen molar-refractivity contribution in [3.05, 3.63) is 34.6 Å². The molecular formula is C13H15ClFNO4. The zero-order valence-electron chi connectivity index (χ0n) is 11.2. The van der Waals surface area contributed by atoms with Gasteiger partial charge in [-0.15, -0.1) is 0 Å². The summed E-state index contributed by atoms with van der Waals surface area (Å²) in [6.07, 6.45) is -0.945. The van der Waals surface area contributed by atoms with Crippen LogP contribution in [0.15, 0.2) is 18.2 Å². The second-order valence-corrected chi connectivity index (χ2v) is 5.52. The second kappa shape index (κ2) is 6.09. The predicted octanol–water partition coefficient (Wildman–Crippen LogP) is 3.13. The van der Waals surface area contributed by atoms with E-state index in [1.54, 1.807) is 20.8 Å². The van der Waals surface area contributed by atoms with Crippen molar-refractivity contribution in [2.24, 2.45) is 0 Å². The first-order valence-corrected chi connectivity index (χ1v) is 6.15. The van der Waals surface area contributed by atoms with E-state index in [1.165, 1.54) is 12.1 Å². The van der Waals surface area contributed by atoms with Gasteiger partial charge in [-0.1, -0.05) is 17.7 Å². The van der Waals surface area contributed by atoms with Crippen LogP contribution in [0.25, 0.3) is 0 Å². The number of rotatable bonds is 3. The van der Waals surface area contributed by atoms with E-state index in [2.05, 4.69) is 5.32 Å². The number of amides is 1. The van der Waals surface area contributed by atoms with Crippen LogP contribution in [0.1, 0.15) is 32.4 Å². The number of carboxylic acids is 1. The Hall–Kier alpha value is -1.82. The Labute approximate surface area is 120 Å². The highest BCUT2D eigenvalue weighted by molar-refractivity contribution is 6.30. The molecule has 1 aromatic rings. The predicted molar refractivity (Wildman–Crippen MR) is 71.2 cm³/mol. The van der Waals surface area contributed by atoms with Gasteiger partial charge in [-0.25, -0.2) is 14.0 Å². The van der Waals surface area contributed by atoms with Crippen molar-refractivity contribution >= 4 is 23.7 Å². The van der Waals surface area contributed by atoms with E-state index in [-0.39, 0.29) is 10.6 Å². The van der Waals surface area contributed by atoms with E-state index in [0.29, 0.717) is 0 Å². The van der Waals surface area contributed by atoms with Gasteiger partial charge in [0.05, 0.1) is 0 Å². The number of nitrogens with one attached hydrogen (secondary N) is 1. The lowest BCUT2D eigenvalue weighted by Gasteiger charge is -2.22. The minimum Gasteiger partial charge on any atom is -0.479 e. The average molecular weight is 304 g/mol. The summed E-state index contributed by atoms with van der Waals surface area (Å²) < 4.78 is 18.7. The van der Waals surface area contributed by atoms with Gasteiger partial charge in [-0.05, 0) is 32.9 Å². The van der Waals surface area contributed by atoms with E-state index >= 15 is 0 Å². The third kappa shape index (κ3) is 4.70. The molecule has 1 rings (SSSR count). The molecule has 1 unspecified atom stereocenters. The number of halogens is 2. The summed E-state index contributed by atoms with van der Waals surface area (Å²) in [7, 11) is 0. The Morgan fingerprint density at radius 3 is 2.45 bits per heavy atom. The molecule has 1 amide bonds. The molecule has 7 heteroatoms. The number of benzene rings is 1. The van der Waals surface area contributed by atoms with E-state index in [0.717, 1.165) is 6.07 Å². The standard InChI is InChI=1S/C13H15ClFNO4/c1-13(2,3)20-12(19)16-10(11(17)18)8-5-4-7(14)6-9(8)15/h4-6,10H,1-3H3,(H,16,19)(H,17,18). The Bertz CT molecular complexity index is 528. The summed E-state index contributed by atoms with van der Waals surface area (Å²) in [6, 6.07) is 1.96. The Balaban J connectivity index is 2.96. The van der Waals surface area contributed by atoms with Gasteiger partial charge in [0.25, 0.3) is 0 Å². The van der Waals surface area contributed by atoms with E-state index in [9.17, 15) is 14.0 Å². The van der Waals surface area contributed by atoms with Crippen LogP contribution in [0.3, 0.4) is 0 Å². The number of hydrogen-bond acceptors (Lipinski definition) is 3. The lowest BCUT2D eigenvalue weighted by Crippen LogP contribution is -2.38. The van der Waals surface area contributed by atoms with Gasteiger partial charge < -0.3 is 15.2 Å². The molecule has 0 aromatic heterocycles. The fourth-order valence-corrected chi connectivity index (χ4v) is 1.59. The van der Waals surface area contributed by atoms with Gasteiger partial charge in [0, 0.05) is 10.6 Å².